The Morgan fingerprint density at radius 1 is 1.27 bits per heavy atom. The molecule has 2 heterocycles. The minimum absolute atomic E-state index is 0.0682. The number of nitrogens with one attached hydrogen (secondary N) is 1. The van der Waals surface area contributed by atoms with E-state index < -0.39 is 11.5 Å². The van der Waals surface area contributed by atoms with Crippen molar-refractivity contribution in [2.45, 2.75) is 12.1 Å². The lowest BCUT2D eigenvalue weighted by molar-refractivity contribution is -0.125. The largest absolute Gasteiger partial charge is 0.337 e. The van der Waals surface area contributed by atoms with Gasteiger partial charge in [0.05, 0.1) is 27.8 Å². The minimum Gasteiger partial charge on any atom is -0.337 e. The standard InChI is InChI=1S/C21H16Cl2F2N4O/c1-2-17(30)29-8-7-21(25,10-29)12-3-5-15-13(9-12)20(27-11-26-15)28-16-6-4-14(22)18(23)19(16)24/h2-6,9,11H,1,7-8,10H2,(H,26,27,28)/t21-/m1/s1. The quantitative estimate of drug-likeness (QED) is 0.428. The zero-order valence-electron chi connectivity index (χ0n) is 15.6. The van der Waals surface area contributed by atoms with Gasteiger partial charge in [-0.2, -0.15) is 0 Å². The molecule has 1 aromatic heterocycles. The molecule has 2 aromatic carbocycles. The smallest absolute Gasteiger partial charge is 0.246 e. The Balaban J connectivity index is 1.72. The van der Waals surface area contributed by atoms with Crippen molar-refractivity contribution in [1.82, 2.24) is 14.9 Å². The zero-order chi connectivity index (χ0) is 21.5. The Morgan fingerprint density at radius 3 is 2.83 bits per heavy atom. The van der Waals surface area contributed by atoms with E-state index in [9.17, 15) is 9.18 Å². The molecule has 4 rings (SSSR count). The number of nitrogens with zero attached hydrogens (tertiary/aromatic N) is 3. The van der Waals surface area contributed by atoms with Gasteiger partial charge >= 0.3 is 0 Å². The lowest BCUT2D eigenvalue weighted by Crippen LogP contribution is -2.30. The molecule has 5 nitrogen and oxygen atoms in total. The molecule has 0 radical (unpaired) electrons. The molecule has 0 unspecified atom stereocenters. The van der Waals surface area contributed by atoms with E-state index in [1.165, 1.54) is 29.4 Å². The van der Waals surface area contributed by atoms with E-state index in [2.05, 4.69) is 21.9 Å². The average molecular weight is 449 g/mol. The van der Waals surface area contributed by atoms with Gasteiger partial charge in [0.2, 0.25) is 5.91 Å². The maximum atomic E-state index is 15.7. The third kappa shape index (κ3) is 3.59. The first kappa shape index (κ1) is 20.5. The monoisotopic (exact) mass is 448 g/mol. The molecule has 0 bridgehead atoms. The van der Waals surface area contributed by atoms with Crippen molar-refractivity contribution in [3.63, 3.8) is 0 Å². The normalized spacial score (nSPS) is 18.6. The fraction of sp³-hybridized carbons (Fsp3) is 0.190. The van der Waals surface area contributed by atoms with Crippen LogP contribution in [0.15, 0.2) is 49.3 Å². The van der Waals surface area contributed by atoms with Crippen molar-refractivity contribution in [1.29, 1.82) is 0 Å². The fourth-order valence-electron chi connectivity index (χ4n) is 3.51. The summed E-state index contributed by atoms with van der Waals surface area (Å²) in [6, 6.07) is 7.83. The summed E-state index contributed by atoms with van der Waals surface area (Å²) >= 11 is 11.7. The number of rotatable bonds is 4. The van der Waals surface area contributed by atoms with E-state index in [4.69, 9.17) is 23.2 Å². The van der Waals surface area contributed by atoms with Crippen LogP contribution in [0.5, 0.6) is 0 Å². The number of amides is 1. The van der Waals surface area contributed by atoms with Crippen molar-refractivity contribution >= 4 is 51.5 Å². The Kier molecular flexibility index (Phi) is 5.34. The summed E-state index contributed by atoms with van der Waals surface area (Å²) in [5.74, 6) is -0.737. The van der Waals surface area contributed by atoms with E-state index in [1.54, 1.807) is 18.2 Å². The molecular weight excluding hydrogens is 433 g/mol. The summed E-state index contributed by atoms with van der Waals surface area (Å²) in [5.41, 5.74) is -0.693. The third-order valence-electron chi connectivity index (χ3n) is 5.15. The van der Waals surface area contributed by atoms with Crippen LogP contribution in [0.1, 0.15) is 12.0 Å². The Bertz CT molecular complexity index is 1170. The summed E-state index contributed by atoms with van der Waals surface area (Å²) in [5, 5.41) is 3.27. The maximum Gasteiger partial charge on any atom is 0.246 e. The van der Waals surface area contributed by atoms with Gasteiger partial charge < -0.3 is 10.2 Å². The number of hydrogen-bond donors (Lipinski definition) is 1. The highest BCUT2D eigenvalue weighted by atomic mass is 35.5. The number of carbonyl (C=O) groups excluding carboxylic acids is 1. The first-order valence-electron chi connectivity index (χ1n) is 9.08. The molecule has 1 saturated heterocycles. The third-order valence-corrected chi connectivity index (χ3v) is 5.93. The number of benzene rings is 2. The summed E-state index contributed by atoms with van der Waals surface area (Å²) in [6.07, 6.45) is 2.66. The second-order valence-corrected chi connectivity index (χ2v) is 7.77. The number of carbonyl (C=O) groups is 1. The van der Waals surface area contributed by atoms with E-state index in [-0.39, 0.29) is 34.6 Å². The molecule has 1 atom stereocenters. The highest BCUT2D eigenvalue weighted by Gasteiger charge is 2.41. The van der Waals surface area contributed by atoms with Crippen LogP contribution in [0.2, 0.25) is 10.0 Å². The number of alkyl halides is 1. The molecule has 0 spiro atoms. The zero-order valence-corrected chi connectivity index (χ0v) is 17.1. The van der Waals surface area contributed by atoms with Crippen LogP contribution >= 0.6 is 23.2 Å². The number of halogens is 4. The summed E-state index contributed by atoms with van der Waals surface area (Å²) < 4.78 is 30.1. The number of hydrogen-bond acceptors (Lipinski definition) is 4. The number of anilines is 2. The van der Waals surface area contributed by atoms with Gasteiger partial charge in [-0.1, -0.05) is 35.8 Å². The summed E-state index contributed by atoms with van der Waals surface area (Å²) in [7, 11) is 0. The van der Waals surface area contributed by atoms with Crippen LogP contribution < -0.4 is 5.32 Å². The van der Waals surface area contributed by atoms with Crippen molar-refractivity contribution in [3.05, 3.63) is 70.7 Å². The second kappa shape index (κ2) is 7.81. The van der Waals surface area contributed by atoms with Crippen molar-refractivity contribution in [2.24, 2.45) is 0 Å². The molecule has 30 heavy (non-hydrogen) atoms. The van der Waals surface area contributed by atoms with Gasteiger partial charge in [-0.3, -0.25) is 4.79 Å². The van der Waals surface area contributed by atoms with Gasteiger partial charge in [0.25, 0.3) is 0 Å². The lowest BCUT2D eigenvalue weighted by Gasteiger charge is -2.21. The topological polar surface area (TPSA) is 58.1 Å². The predicted octanol–water partition coefficient (Wildman–Crippen LogP) is 5.40. The Labute approximate surface area is 181 Å². The van der Waals surface area contributed by atoms with Crippen LogP contribution in [0.3, 0.4) is 0 Å². The average Bonchev–Trinajstić information content (AvgIpc) is 3.17. The molecular formula is C21H16Cl2F2N4O. The van der Waals surface area contributed by atoms with Crippen LogP contribution in [0.4, 0.5) is 20.3 Å². The van der Waals surface area contributed by atoms with Gasteiger partial charge in [0, 0.05) is 18.4 Å². The highest BCUT2D eigenvalue weighted by Crippen LogP contribution is 2.39. The van der Waals surface area contributed by atoms with E-state index in [0.29, 0.717) is 28.8 Å². The molecule has 0 aliphatic carbocycles. The minimum atomic E-state index is -1.71. The molecule has 9 heteroatoms. The lowest BCUT2D eigenvalue weighted by atomic mass is 9.93. The highest BCUT2D eigenvalue weighted by molar-refractivity contribution is 6.42. The first-order chi connectivity index (χ1) is 14.3. The van der Waals surface area contributed by atoms with Crippen LogP contribution in [0, 0.1) is 5.82 Å². The number of fused-ring (bicyclic) bond motifs is 1. The molecule has 1 fully saturated rings. The maximum absolute atomic E-state index is 15.7. The molecule has 0 saturated carbocycles. The molecule has 154 valence electrons. The summed E-state index contributed by atoms with van der Waals surface area (Å²) in [6.45, 7) is 3.68. The number of likely N-dealkylation sites (tertiary alicyclic amines) is 1. The molecule has 1 N–H and O–H groups in total. The number of aromatic nitrogens is 2. The molecule has 1 aliphatic heterocycles. The van der Waals surface area contributed by atoms with E-state index in [1.807, 2.05) is 0 Å². The van der Waals surface area contributed by atoms with Crippen LogP contribution in [-0.4, -0.2) is 33.9 Å². The van der Waals surface area contributed by atoms with Gasteiger partial charge in [-0.25, -0.2) is 18.7 Å². The summed E-state index contributed by atoms with van der Waals surface area (Å²) in [4.78, 5) is 21.6. The molecule has 1 amide bonds. The van der Waals surface area contributed by atoms with Gasteiger partial charge in [-0.15, -0.1) is 0 Å². The van der Waals surface area contributed by atoms with Crippen LogP contribution in [0.25, 0.3) is 10.9 Å². The molecule has 1 aliphatic rings. The fourth-order valence-corrected chi connectivity index (χ4v) is 3.82. The second-order valence-electron chi connectivity index (χ2n) is 6.98. The van der Waals surface area contributed by atoms with Gasteiger partial charge in [0.1, 0.15) is 12.1 Å². The van der Waals surface area contributed by atoms with Crippen molar-refractivity contribution in [3.8, 4) is 0 Å². The van der Waals surface area contributed by atoms with Crippen molar-refractivity contribution < 1.29 is 13.6 Å². The van der Waals surface area contributed by atoms with Crippen molar-refractivity contribution in [2.75, 3.05) is 18.4 Å². The van der Waals surface area contributed by atoms with Gasteiger partial charge in [0.15, 0.2) is 11.5 Å². The van der Waals surface area contributed by atoms with Crippen LogP contribution in [-0.2, 0) is 10.5 Å². The molecule has 3 aromatic rings. The van der Waals surface area contributed by atoms with Gasteiger partial charge in [-0.05, 0) is 35.9 Å². The predicted molar refractivity (Wildman–Crippen MR) is 113 cm³/mol. The van der Waals surface area contributed by atoms with E-state index in [0.717, 1.165) is 0 Å². The SMILES string of the molecule is C=CC(=O)N1CC[C@](F)(c2ccc3ncnc(Nc4ccc(Cl)c(Cl)c4F)c3c2)C1. The van der Waals surface area contributed by atoms with E-state index >= 15 is 4.39 Å². The first-order valence-corrected chi connectivity index (χ1v) is 9.84. The Morgan fingerprint density at radius 2 is 2.07 bits per heavy atom. The Hall–Kier alpha value is -2.77.